The second kappa shape index (κ2) is 10.9. The fourth-order valence-electron chi connectivity index (χ4n) is 3.89. The Kier molecular flexibility index (Phi) is 7.49. The number of hydrogen-bond acceptors (Lipinski definition) is 4. The lowest BCUT2D eigenvalue weighted by Gasteiger charge is -2.25. The minimum absolute atomic E-state index is 0.189. The highest BCUT2D eigenvalue weighted by atomic mass is 31.2. The highest BCUT2D eigenvalue weighted by Crippen LogP contribution is 2.53. The number of methoxy groups -OCH3 is 1. The fraction of sp³-hybridized carbons (Fsp3) is 0.0690. The van der Waals surface area contributed by atoms with Gasteiger partial charge >= 0.3 is 0 Å². The van der Waals surface area contributed by atoms with Gasteiger partial charge in [-0.05, 0) is 43.3 Å². The van der Waals surface area contributed by atoms with Crippen LogP contribution >= 0.6 is 7.14 Å². The maximum absolute atomic E-state index is 15.1. The molecule has 0 radical (unpaired) electrons. The van der Waals surface area contributed by atoms with Crippen LogP contribution in [0, 0.1) is 0 Å². The van der Waals surface area contributed by atoms with Gasteiger partial charge in [-0.25, -0.2) is 0 Å². The molecule has 0 heterocycles. The third kappa shape index (κ3) is 5.37. The number of carbonyl (C=O) groups is 1. The molecule has 0 aliphatic carbocycles. The summed E-state index contributed by atoms with van der Waals surface area (Å²) in [6.07, 6.45) is 0. The van der Waals surface area contributed by atoms with Crippen LogP contribution in [-0.4, -0.2) is 13.0 Å². The zero-order valence-electron chi connectivity index (χ0n) is 19.6. The molecule has 176 valence electrons. The third-order valence-corrected chi connectivity index (χ3v) is 8.80. The summed E-state index contributed by atoms with van der Waals surface area (Å²) in [7, 11) is -1.95. The summed E-state index contributed by atoms with van der Waals surface area (Å²) in [6.45, 7) is 1.78. The monoisotopic (exact) mass is 482 g/mol. The average molecular weight is 483 g/mol. The lowest BCUT2D eigenvalue weighted by Crippen LogP contribution is -2.26. The second-order valence-electron chi connectivity index (χ2n) is 7.93. The molecule has 0 aliphatic heterocycles. The number of amides is 1. The van der Waals surface area contributed by atoms with E-state index in [9.17, 15) is 4.79 Å². The fourth-order valence-corrected chi connectivity index (χ4v) is 6.76. The molecule has 5 nitrogen and oxygen atoms in total. The van der Waals surface area contributed by atoms with Gasteiger partial charge in [0.25, 0.3) is 5.91 Å². The van der Waals surface area contributed by atoms with Gasteiger partial charge in [-0.1, -0.05) is 78.9 Å². The molecule has 0 spiro atoms. The summed E-state index contributed by atoms with van der Waals surface area (Å²) in [5.41, 5.74) is 1.88. The van der Waals surface area contributed by atoms with Crippen molar-refractivity contribution in [1.29, 1.82) is 0 Å². The van der Waals surface area contributed by atoms with E-state index in [0.29, 0.717) is 22.0 Å². The lowest BCUT2D eigenvalue weighted by atomic mass is 10.2. The molecular weight excluding hydrogens is 455 g/mol. The van der Waals surface area contributed by atoms with Crippen LogP contribution in [0.3, 0.4) is 0 Å². The van der Waals surface area contributed by atoms with Gasteiger partial charge in [0.2, 0.25) is 0 Å². The van der Waals surface area contributed by atoms with Crippen molar-refractivity contribution < 1.29 is 14.1 Å². The number of ether oxygens (including phenoxy) is 1. The van der Waals surface area contributed by atoms with E-state index in [1.165, 1.54) is 0 Å². The maximum Gasteiger partial charge on any atom is 0.261 e. The summed E-state index contributed by atoms with van der Waals surface area (Å²) in [6, 6.07) is 34.9. The number of hydrogen-bond donors (Lipinski definition) is 2. The van der Waals surface area contributed by atoms with Gasteiger partial charge in [0.05, 0.1) is 7.11 Å². The van der Waals surface area contributed by atoms with Gasteiger partial charge < -0.3 is 19.9 Å². The minimum atomic E-state index is -3.56. The van der Waals surface area contributed by atoms with Crippen LogP contribution in [0.2, 0.25) is 0 Å². The third-order valence-electron chi connectivity index (χ3n) is 5.58. The predicted octanol–water partition coefficient (Wildman–Crippen LogP) is 5.99. The van der Waals surface area contributed by atoms with Crippen LogP contribution in [0.15, 0.2) is 126 Å². The first-order valence-corrected chi connectivity index (χ1v) is 12.9. The van der Waals surface area contributed by atoms with Crippen LogP contribution < -0.4 is 26.0 Å². The van der Waals surface area contributed by atoms with E-state index >= 15 is 4.57 Å². The van der Waals surface area contributed by atoms with Crippen LogP contribution in [0.25, 0.3) is 0 Å². The van der Waals surface area contributed by atoms with Gasteiger partial charge in [0.15, 0.2) is 7.14 Å². The molecule has 6 heteroatoms. The van der Waals surface area contributed by atoms with Crippen LogP contribution in [0.1, 0.15) is 6.92 Å². The van der Waals surface area contributed by atoms with Gasteiger partial charge in [-0.15, -0.1) is 0 Å². The molecule has 0 aromatic heterocycles. The Morgan fingerprint density at radius 3 is 1.60 bits per heavy atom. The Hall–Kier alpha value is -4.08. The van der Waals surface area contributed by atoms with E-state index < -0.39 is 13.0 Å². The molecule has 0 atom stereocenters. The highest BCUT2D eigenvalue weighted by Gasteiger charge is 2.38. The van der Waals surface area contributed by atoms with Crippen molar-refractivity contribution in [2.24, 2.45) is 0 Å². The van der Waals surface area contributed by atoms with Crippen molar-refractivity contribution in [1.82, 2.24) is 0 Å². The second-order valence-corrected chi connectivity index (χ2v) is 10.6. The summed E-state index contributed by atoms with van der Waals surface area (Å²) < 4.78 is 20.3. The average Bonchev–Trinajstić information content (AvgIpc) is 2.90. The van der Waals surface area contributed by atoms with E-state index in [0.717, 1.165) is 11.4 Å². The summed E-state index contributed by atoms with van der Waals surface area (Å²) in [5, 5.41) is 7.60. The van der Waals surface area contributed by atoms with Crippen molar-refractivity contribution in [3.8, 4) is 5.75 Å². The Morgan fingerprint density at radius 2 is 1.11 bits per heavy atom. The molecule has 4 aromatic rings. The standard InChI is InChI=1S/C29H27N2O3P/c1-22(30-24-18-20-25(34-2)21-19-24)28(29(32)31-23-12-6-3-7-13-23)35(33,26-14-8-4-9-15-26)27-16-10-5-11-17-27/h3-21,30H,1-2H3,(H,31,32)/b28-22+. The quantitative estimate of drug-likeness (QED) is 0.239. The van der Waals surface area contributed by atoms with Crippen LogP contribution in [0.5, 0.6) is 5.75 Å². The van der Waals surface area contributed by atoms with E-state index in [1.54, 1.807) is 26.2 Å². The van der Waals surface area contributed by atoms with Gasteiger partial charge in [-0.2, -0.15) is 0 Å². The molecule has 0 bridgehead atoms. The largest absolute Gasteiger partial charge is 0.497 e. The Labute approximate surface area is 205 Å². The lowest BCUT2D eigenvalue weighted by molar-refractivity contribution is -0.112. The SMILES string of the molecule is COc1ccc(N/C(C)=C(\C(=O)Nc2ccccc2)P(=O)(c2ccccc2)c2ccccc2)cc1. The number of nitrogens with one attached hydrogen (secondary N) is 2. The van der Waals surface area contributed by atoms with E-state index in [2.05, 4.69) is 10.6 Å². The molecule has 0 fully saturated rings. The predicted molar refractivity (Wildman–Crippen MR) is 144 cm³/mol. The van der Waals surface area contributed by atoms with Gasteiger partial charge in [0, 0.05) is 27.7 Å². The molecule has 0 unspecified atom stereocenters. The molecule has 35 heavy (non-hydrogen) atoms. The van der Waals surface area contributed by atoms with Crippen LogP contribution in [0.4, 0.5) is 11.4 Å². The summed E-state index contributed by atoms with van der Waals surface area (Å²) in [4.78, 5) is 13.8. The van der Waals surface area contributed by atoms with E-state index in [-0.39, 0.29) is 5.31 Å². The molecule has 4 rings (SSSR count). The van der Waals surface area contributed by atoms with Crippen molar-refractivity contribution in [2.45, 2.75) is 6.92 Å². The zero-order valence-corrected chi connectivity index (χ0v) is 20.5. The smallest absolute Gasteiger partial charge is 0.261 e. The Morgan fingerprint density at radius 1 is 0.657 bits per heavy atom. The molecule has 1 amide bonds. The molecule has 4 aromatic carbocycles. The summed E-state index contributed by atoms with van der Waals surface area (Å²) in [5.74, 6) is 0.296. The van der Waals surface area contributed by atoms with Crippen molar-refractivity contribution in [3.63, 3.8) is 0 Å². The number of anilines is 2. The number of carbonyl (C=O) groups excluding carboxylic acids is 1. The van der Waals surface area contributed by atoms with Gasteiger partial charge in [-0.3, -0.25) is 4.79 Å². The topological polar surface area (TPSA) is 67.4 Å². The number of benzene rings is 4. The first kappa shape index (κ1) is 24.1. The highest BCUT2D eigenvalue weighted by molar-refractivity contribution is 7.83. The van der Waals surface area contributed by atoms with Crippen LogP contribution in [-0.2, 0) is 9.36 Å². The molecule has 0 aliphatic rings. The number of allylic oxidation sites excluding steroid dienone is 1. The minimum Gasteiger partial charge on any atom is -0.497 e. The molecular formula is C29H27N2O3P. The normalized spacial score (nSPS) is 11.8. The number of rotatable bonds is 8. The molecule has 0 saturated heterocycles. The van der Waals surface area contributed by atoms with E-state index in [1.807, 2.05) is 103 Å². The Balaban J connectivity index is 1.89. The van der Waals surface area contributed by atoms with Gasteiger partial charge in [0.1, 0.15) is 11.1 Å². The molecule has 2 N–H and O–H groups in total. The Bertz CT molecular complexity index is 1310. The summed E-state index contributed by atoms with van der Waals surface area (Å²) >= 11 is 0. The van der Waals surface area contributed by atoms with Crippen molar-refractivity contribution >= 4 is 35.0 Å². The zero-order chi connectivity index (χ0) is 24.7. The maximum atomic E-state index is 15.1. The van der Waals surface area contributed by atoms with Crippen molar-refractivity contribution in [2.75, 3.05) is 17.7 Å². The first-order valence-electron chi connectivity index (χ1n) is 11.2. The van der Waals surface area contributed by atoms with E-state index in [4.69, 9.17) is 4.74 Å². The number of para-hydroxylation sites is 1. The first-order chi connectivity index (χ1) is 17.0. The molecule has 0 saturated carbocycles. The van der Waals surface area contributed by atoms with Crippen molar-refractivity contribution in [3.05, 3.63) is 126 Å².